The molecule has 0 radical (unpaired) electrons. The highest BCUT2D eigenvalue weighted by Crippen LogP contribution is 2.32. The molecule has 9 heteroatoms. The van der Waals surface area contributed by atoms with Gasteiger partial charge in [0.05, 0.1) is 17.7 Å². The van der Waals surface area contributed by atoms with Gasteiger partial charge in [0.2, 0.25) is 0 Å². The molecule has 1 aromatic carbocycles. The van der Waals surface area contributed by atoms with E-state index in [0.717, 1.165) is 6.07 Å². The van der Waals surface area contributed by atoms with Crippen molar-refractivity contribution in [2.24, 2.45) is 0 Å². The van der Waals surface area contributed by atoms with E-state index in [-0.39, 0.29) is 0 Å². The van der Waals surface area contributed by atoms with Crippen LogP contribution in [0.4, 0.5) is 27.6 Å². The highest BCUT2D eigenvalue weighted by atomic mass is 19.4. The Hall–Kier alpha value is -1.90. The molecule has 0 atom stereocenters. The number of anilines is 1. The van der Waals surface area contributed by atoms with Crippen molar-refractivity contribution in [2.45, 2.75) is 12.1 Å². The summed E-state index contributed by atoms with van der Waals surface area (Å²) in [6.45, 7) is -2.57. The van der Waals surface area contributed by atoms with Crippen LogP contribution >= 0.6 is 0 Å². The van der Waals surface area contributed by atoms with Crippen LogP contribution in [0.2, 0.25) is 0 Å². The van der Waals surface area contributed by atoms with Crippen LogP contribution in [-0.2, 0) is 6.18 Å². The first kappa shape index (κ1) is 16.2. The summed E-state index contributed by atoms with van der Waals surface area (Å²) in [7, 11) is 0. The summed E-state index contributed by atoms with van der Waals surface area (Å²) < 4.78 is 62.9. The zero-order valence-corrected chi connectivity index (χ0v) is 9.84. The number of carboxylic acids is 1. The standard InChI is InChI=1S/C11H10F5NO3/c12-10(13,5-18)4-17-8-2-1-6(11(14,15)16)3-7(8)9(19)20/h1-3,17-18H,4-5H2,(H,19,20). The smallest absolute Gasteiger partial charge is 0.416 e. The molecule has 0 fully saturated rings. The zero-order chi connectivity index (χ0) is 15.6. The molecular formula is C11H10F5NO3. The Morgan fingerprint density at radius 3 is 2.25 bits per heavy atom. The highest BCUT2D eigenvalue weighted by Gasteiger charge is 2.32. The molecule has 0 saturated carbocycles. The van der Waals surface area contributed by atoms with Crippen molar-refractivity contribution in [2.75, 3.05) is 18.5 Å². The van der Waals surface area contributed by atoms with Crippen LogP contribution in [0.3, 0.4) is 0 Å². The molecule has 112 valence electrons. The van der Waals surface area contributed by atoms with Gasteiger partial charge in [0.25, 0.3) is 5.92 Å². The number of rotatable bonds is 5. The molecule has 0 bridgehead atoms. The van der Waals surface area contributed by atoms with Gasteiger partial charge in [-0.05, 0) is 18.2 Å². The van der Waals surface area contributed by atoms with E-state index in [1.807, 2.05) is 5.32 Å². The molecule has 0 amide bonds. The Bertz CT molecular complexity index is 501. The number of halogens is 5. The summed E-state index contributed by atoms with van der Waals surface area (Å²) in [6.07, 6.45) is -4.74. The third-order valence-electron chi connectivity index (χ3n) is 2.35. The van der Waals surface area contributed by atoms with E-state index in [9.17, 15) is 26.7 Å². The van der Waals surface area contributed by atoms with Crippen molar-refractivity contribution in [1.82, 2.24) is 0 Å². The van der Waals surface area contributed by atoms with Gasteiger partial charge in [0.15, 0.2) is 0 Å². The quantitative estimate of drug-likeness (QED) is 0.730. The van der Waals surface area contributed by atoms with E-state index in [0.29, 0.717) is 12.1 Å². The number of alkyl halides is 5. The van der Waals surface area contributed by atoms with Gasteiger partial charge in [-0.15, -0.1) is 0 Å². The van der Waals surface area contributed by atoms with Crippen LogP contribution in [0.1, 0.15) is 15.9 Å². The summed E-state index contributed by atoms with van der Waals surface area (Å²) >= 11 is 0. The first-order valence-corrected chi connectivity index (χ1v) is 5.24. The predicted molar refractivity (Wildman–Crippen MR) is 58.9 cm³/mol. The fraction of sp³-hybridized carbons (Fsp3) is 0.364. The number of hydrogen-bond acceptors (Lipinski definition) is 3. The van der Waals surface area contributed by atoms with Crippen LogP contribution < -0.4 is 5.32 Å². The second kappa shape index (κ2) is 5.61. The number of nitrogens with one attached hydrogen (secondary N) is 1. The molecule has 4 nitrogen and oxygen atoms in total. The Balaban J connectivity index is 3.06. The topological polar surface area (TPSA) is 69.6 Å². The van der Waals surface area contributed by atoms with E-state index >= 15 is 0 Å². The third kappa shape index (κ3) is 4.05. The average Bonchev–Trinajstić information content (AvgIpc) is 2.35. The summed E-state index contributed by atoms with van der Waals surface area (Å²) in [5, 5.41) is 19.2. The summed E-state index contributed by atoms with van der Waals surface area (Å²) in [5.41, 5.74) is -2.37. The van der Waals surface area contributed by atoms with Gasteiger partial charge in [-0.3, -0.25) is 0 Å². The fourth-order valence-corrected chi connectivity index (χ4v) is 1.33. The van der Waals surface area contributed by atoms with Gasteiger partial charge in [0.1, 0.15) is 6.61 Å². The van der Waals surface area contributed by atoms with E-state index in [2.05, 4.69) is 0 Å². The Morgan fingerprint density at radius 1 is 1.20 bits per heavy atom. The maximum Gasteiger partial charge on any atom is 0.416 e. The SMILES string of the molecule is O=C(O)c1cc(C(F)(F)F)ccc1NCC(F)(F)CO. The first-order valence-electron chi connectivity index (χ1n) is 5.24. The predicted octanol–water partition coefficient (Wildman–Crippen LogP) is 2.44. The molecule has 0 saturated heterocycles. The largest absolute Gasteiger partial charge is 0.478 e. The second-order valence-corrected chi connectivity index (χ2v) is 3.93. The molecule has 0 heterocycles. The molecular weight excluding hydrogens is 289 g/mol. The van der Waals surface area contributed by atoms with Gasteiger partial charge in [0, 0.05) is 5.69 Å². The van der Waals surface area contributed by atoms with Crippen molar-refractivity contribution < 1.29 is 37.0 Å². The lowest BCUT2D eigenvalue weighted by Crippen LogP contribution is -2.31. The minimum absolute atomic E-state index is 0.349. The number of carboxylic acid groups (broad SMARTS) is 1. The number of benzene rings is 1. The Morgan fingerprint density at radius 2 is 1.80 bits per heavy atom. The second-order valence-electron chi connectivity index (χ2n) is 3.93. The van der Waals surface area contributed by atoms with Gasteiger partial charge < -0.3 is 15.5 Å². The van der Waals surface area contributed by atoms with E-state index in [1.165, 1.54) is 0 Å². The summed E-state index contributed by atoms with van der Waals surface area (Å²) in [4.78, 5) is 10.9. The lowest BCUT2D eigenvalue weighted by molar-refractivity contribution is -0.137. The maximum absolute atomic E-state index is 12.8. The third-order valence-corrected chi connectivity index (χ3v) is 2.35. The highest BCUT2D eigenvalue weighted by molar-refractivity contribution is 5.94. The number of aliphatic hydroxyl groups excluding tert-OH is 1. The van der Waals surface area contributed by atoms with Crippen LogP contribution in [0, 0.1) is 0 Å². The molecule has 0 aliphatic heterocycles. The van der Waals surface area contributed by atoms with E-state index in [1.54, 1.807) is 0 Å². The van der Waals surface area contributed by atoms with Crippen molar-refractivity contribution in [3.63, 3.8) is 0 Å². The first-order chi connectivity index (χ1) is 9.07. The summed E-state index contributed by atoms with van der Waals surface area (Å²) in [6, 6.07) is 1.67. The van der Waals surface area contributed by atoms with Gasteiger partial charge >= 0.3 is 12.1 Å². The number of aromatic carboxylic acids is 1. The van der Waals surface area contributed by atoms with Crippen molar-refractivity contribution >= 4 is 11.7 Å². The lowest BCUT2D eigenvalue weighted by atomic mass is 10.1. The normalized spacial score (nSPS) is 12.3. The molecule has 0 aromatic heterocycles. The molecule has 1 aromatic rings. The average molecular weight is 299 g/mol. The summed E-state index contributed by atoms with van der Waals surface area (Å²) in [5.74, 6) is -5.20. The number of carbonyl (C=O) groups is 1. The molecule has 3 N–H and O–H groups in total. The Labute approximate surface area is 109 Å². The molecule has 0 unspecified atom stereocenters. The minimum atomic E-state index is -4.74. The number of hydrogen-bond donors (Lipinski definition) is 3. The van der Waals surface area contributed by atoms with Crippen molar-refractivity contribution in [3.8, 4) is 0 Å². The van der Waals surface area contributed by atoms with Crippen molar-refractivity contribution in [3.05, 3.63) is 29.3 Å². The lowest BCUT2D eigenvalue weighted by Gasteiger charge is -2.17. The maximum atomic E-state index is 12.8. The Kier molecular flexibility index (Phi) is 4.53. The zero-order valence-electron chi connectivity index (χ0n) is 9.84. The van der Waals surface area contributed by atoms with Gasteiger partial charge in [-0.1, -0.05) is 0 Å². The van der Waals surface area contributed by atoms with Crippen LogP contribution in [-0.4, -0.2) is 35.3 Å². The monoisotopic (exact) mass is 299 g/mol. The van der Waals surface area contributed by atoms with Crippen molar-refractivity contribution in [1.29, 1.82) is 0 Å². The molecule has 0 aliphatic rings. The molecule has 0 aliphatic carbocycles. The van der Waals surface area contributed by atoms with Gasteiger partial charge in [-0.2, -0.15) is 13.2 Å². The molecule has 0 spiro atoms. The van der Waals surface area contributed by atoms with Crippen LogP contribution in [0.5, 0.6) is 0 Å². The van der Waals surface area contributed by atoms with E-state index in [4.69, 9.17) is 10.2 Å². The molecule has 1 rings (SSSR count). The molecule has 20 heavy (non-hydrogen) atoms. The van der Waals surface area contributed by atoms with E-state index < -0.39 is 48.0 Å². The number of aliphatic hydroxyl groups is 1. The fourth-order valence-electron chi connectivity index (χ4n) is 1.33. The van der Waals surface area contributed by atoms with Gasteiger partial charge in [-0.25, -0.2) is 13.6 Å². The minimum Gasteiger partial charge on any atom is -0.478 e. The van der Waals surface area contributed by atoms with Crippen LogP contribution in [0.25, 0.3) is 0 Å². The van der Waals surface area contributed by atoms with Crippen LogP contribution in [0.15, 0.2) is 18.2 Å².